The summed E-state index contributed by atoms with van der Waals surface area (Å²) in [5.41, 5.74) is 3.25. The zero-order valence-corrected chi connectivity index (χ0v) is 26.9. The second kappa shape index (κ2) is 15.0. The van der Waals surface area contributed by atoms with Gasteiger partial charge in [-0.1, -0.05) is 82.1 Å². The highest BCUT2D eigenvalue weighted by Crippen LogP contribution is 2.27. The van der Waals surface area contributed by atoms with Gasteiger partial charge in [0.1, 0.15) is 5.70 Å². The van der Waals surface area contributed by atoms with E-state index < -0.39 is 11.8 Å². The van der Waals surface area contributed by atoms with Crippen LogP contribution in [0.25, 0.3) is 17.3 Å². The topological polar surface area (TPSA) is 100 Å². The number of hydrogen-bond donors (Lipinski definition) is 3. The van der Waals surface area contributed by atoms with Gasteiger partial charge in [-0.15, -0.1) is 23.1 Å². The number of nitrogens with one attached hydrogen (secondary N) is 3. The summed E-state index contributed by atoms with van der Waals surface area (Å²) in [5, 5.41) is 11.2. The molecule has 44 heavy (non-hydrogen) atoms. The average Bonchev–Trinajstić information content (AvgIpc) is 3.50. The molecule has 1 heterocycles. The predicted octanol–water partition coefficient (Wildman–Crippen LogP) is 8.37. The zero-order chi connectivity index (χ0) is 30.9. The van der Waals surface area contributed by atoms with Crippen molar-refractivity contribution in [2.24, 2.45) is 0 Å². The summed E-state index contributed by atoms with van der Waals surface area (Å²) >= 11 is 12.4. The van der Waals surface area contributed by atoms with E-state index in [1.165, 1.54) is 29.2 Å². The van der Waals surface area contributed by atoms with Gasteiger partial charge in [0.15, 0.2) is 5.13 Å². The third kappa shape index (κ3) is 8.67. The van der Waals surface area contributed by atoms with E-state index in [-0.39, 0.29) is 17.4 Å². The molecule has 0 saturated carbocycles. The zero-order valence-electron chi connectivity index (χ0n) is 22.9. The smallest absolute Gasteiger partial charge is 0.272 e. The van der Waals surface area contributed by atoms with Crippen LogP contribution in [0.15, 0.2) is 124 Å². The lowest BCUT2D eigenvalue weighted by Gasteiger charge is -2.12. The van der Waals surface area contributed by atoms with Crippen LogP contribution in [0.1, 0.15) is 15.9 Å². The molecule has 0 radical (unpaired) electrons. The van der Waals surface area contributed by atoms with Crippen molar-refractivity contribution in [3.8, 4) is 11.3 Å². The maximum Gasteiger partial charge on any atom is 0.272 e. The third-order valence-electron chi connectivity index (χ3n) is 6.09. The SMILES string of the molecule is O=C(CSc1cccc(NC(=O)/C(=C\c2ccccc2Cl)NC(=O)c2ccccc2)c1)Nc1nc(-c2ccc(Br)cc2)cs1. The summed E-state index contributed by atoms with van der Waals surface area (Å²) in [4.78, 5) is 44.2. The summed E-state index contributed by atoms with van der Waals surface area (Å²) in [6.07, 6.45) is 1.53. The number of aromatic nitrogens is 1. The van der Waals surface area contributed by atoms with Crippen LogP contribution < -0.4 is 16.0 Å². The van der Waals surface area contributed by atoms with Gasteiger partial charge in [-0.25, -0.2) is 4.98 Å². The van der Waals surface area contributed by atoms with E-state index in [0.29, 0.717) is 27.0 Å². The number of anilines is 2. The third-order valence-corrected chi connectivity index (χ3v) is 8.71. The van der Waals surface area contributed by atoms with Gasteiger partial charge in [-0.2, -0.15) is 0 Å². The number of benzene rings is 4. The summed E-state index contributed by atoms with van der Waals surface area (Å²) in [7, 11) is 0. The Morgan fingerprint density at radius 3 is 2.41 bits per heavy atom. The Hall–Kier alpha value is -4.22. The van der Waals surface area contributed by atoms with E-state index >= 15 is 0 Å². The molecule has 3 N–H and O–H groups in total. The fraction of sp³-hybridized carbons (Fsp3) is 0.0303. The molecule has 3 amide bonds. The number of nitrogens with zero attached hydrogens (tertiary/aromatic N) is 1. The van der Waals surface area contributed by atoms with E-state index in [0.717, 1.165) is 20.6 Å². The van der Waals surface area contributed by atoms with Crippen molar-refractivity contribution < 1.29 is 14.4 Å². The van der Waals surface area contributed by atoms with Crippen molar-refractivity contribution >= 4 is 85.2 Å². The van der Waals surface area contributed by atoms with Crippen molar-refractivity contribution in [2.45, 2.75) is 4.90 Å². The van der Waals surface area contributed by atoms with Crippen molar-refractivity contribution in [3.05, 3.63) is 135 Å². The van der Waals surface area contributed by atoms with Crippen LogP contribution in [-0.2, 0) is 9.59 Å². The van der Waals surface area contributed by atoms with E-state index in [4.69, 9.17) is 11.6 Å². The summed E-state index contributed by atoms with van der Waals surface area (Å²) in [6.45, 7) is 0. The first kappa shape index (κ1) is 31.2. The average molecular weight is 704 g/mol. The number of hydrogen-bond acceptors (Lipinski definition) is 6. The van der Waals surface area contributed by atoms with Crippen molar-refractivity contribution in [2.75, 3.05) is 16.4 Å². The molecule has 11 heteroatoms. The van der Waals surface area contributed by atoms with Gasteiger partial charge < -0.3 is 16.0 Å². The Morgan fingerprint density at radius 2 is 1.64 bits per heavy atom. The van der Waals surface area contributed by atoms with Gasteiger partial charge in [0.05, 0.1) is 11.4 Å². The number of rotatable bonds is 10. The van der Waals surface area contributed by atoms with Crippen molar-refractivity contribution in [3.63, 3.8) is 0 Å². The number of halogens is 2. The molecular formula is C33H24BrClN4O3S2. The first-order valence-electron chi connectivity index (χ1n) is 13.2. The lowest BCUT2D eigenvalue weighted by atomic mass is 10.1. The predicted molar refractivity (Wildman–Crippen MR) is 183 cm³/mol. The minimum atomic E-state index is -0.528. The molecule has 0 aliphatic heterocycles. The molecule has 0 aliphatic rings. The number of thiazole rings is 1. The molecule has 5 rings (SSSR count). The molecule has 220 valence electrons. The molecule has 7 nitrogen and oxygen atoms in total. The van der Waals surface area contributed by atoms with Crippen LogP contribution in [0.2, 0.25) is 5.02 Å². The number of carbonyl (C=O) groups is 3. The molecule has 0 bridgehead atoms. The van der Waals surface area contributed by atoms with E-state index in [1.807, 2.05) is 35.7 Å². The van der Waals surface area contributed by atoms with E-state index in [2.05, 4.69) is 36.9 Å². The Kier molecular flexibility index (Phi) is 10.6. The number of thioether (sulfide) groups is 1. The molecular weight excluding hydrogens is 680 g/mol. The van der Waals surface area contributed by atoms with E-state index in [1.54, 1.807) is 72.8 Å². The first-order chi connectivity index (χ1) is 21.3. The molecule has 0 fully saturated rings. The summed E-state index contributed by atoms with van der Waals surface area (Å²) in [5.74, 6) is -1.01. The second-order valence-electron chi connectivity index (χ2n) is 9.26. The Morgan fingerprint density at radius 1 is 0.886 bits per heavy atom. The normalized spacial score (nSPS) is 11.1. The fourth-order valence-corrected chi connectivity index (χ4v) is 5.89. The molecule has 0 atom stereocenters. The van der Waals surface area contributed by atoms with Crippen LogP contribution in [-0.4, -0.2) is 28.5 Å². The molecule has 5 aromatic rings. The molecule has 4 aromatic carbocycles. The molecule has 0 aliphatic carbocycles. The lowest BCUT2D eigenvalue weighted by Crippen LogP contribution is -2.30. The van der Waals surface area contributed by atoms with Crippen LogP contribution in [0.3, 0.4) is 0 Å². The lowest BCUT2D eigenvalue weighted by molar-refractivity contribution is -0.114. The van der Waals surface area contributed by atoms with Gasteiger partial charge in [0, 0.05) is 36.6 Å². The number of amides is 3. The van der Waals surface area contributed by atoms with Crippen molar-refractivity contribution in [1.29, 1.82) is 0 Å². The van der Waals surface area contributed by atoms with Crippen LogP contribution >= 0.6 is 50.6 Å². The summed E-state index contributed by atoms with van der Waals surface area (Å²) < 4.78 is 0.981. The maximum atomic E-state index is 13.4. The van der Waals surface area contributed by atoms with Gasteiger partial charge in [-0.3, -0.25) is 14.4 Å². The number of carbonyl (C=O) groups excluding carboxylic acids is 3. The highest BCUT2D eigenvalue weighted by molar-refractivity contribution is 9.10. The monoisotopic (exact) mass is 702 g/mol. The Balaban J connectivity index is 1.23. The molecule has 0 saturated heterocycles. The van der Waals surface area contributed by atoms with Crippen LogP contribution in [0.5, 0.6) is 0 Å². The second-order valence-corrected chi connectivity index (χ2v) is 12.5. The van der Waals surface area contributed by atoms with Crippen LogP contribution in [0.4, 0.5) is 10.8 Å². The first-order valence-corrected chi connectivity index (χ1v) is 16.3. The van der Waals surface area contributed by atoms with Crippen molar-refractivity contribution in [1.82, 2.24) is 10.3 Å². The van der Waals surface area contributed by atoms with Gasteiger partial charge in [0.25, 0.3) is 11.8 Å². The van der Waals surface area contributed by atoms with Gasteiger partial charge >= 0.3 is 0 Å². The highest BCUT2D eigenvalue weighted by Gasteiger charge is 2.16. The van der Waals surface area contributed by atoms with E-state index in [9.17, 15) is 14.4 Å². The highest BCUT2D eigenvalue weighted by atomic mass is 79.9. The standard InChI is InChI=1S/C33H24BrClN4O3S2/c34-24-15-13-21(14-16-24)29-19-44-33(38-29)39-30(40)20-43-26-11-6-10-25(18-26)36-32(42)28(17-23-9-4-5-12-27(23)35)37-31(41)22-7-2-1-3-8-22/h1-19H,20H2,(H,36,42)(H,37,41)(H,38,39,40)/b28-17+. The Labute approximate surface area is 275 Å². The summed E-state index contributed by atoms with van der Waals surface area (Å²) in [6, 6.07) is 30.6. The van der Waals surface area contributed by atoms with Gasteiger partial charge in [0.2, 0.25) is 5.91 Å². The molecule has 0 spiro atoms. The largest absolute Gasteiger partial charge is 0.321 e. The Bertz CT molecular complexity index is 1830. The van der Waals surface area contributed by atoms with Crippen LogP contribution in [0, 0.1) is 0 Å². The minimum Gasteiger partial charge on any atom is -0.321 e. The quantitative estimate of drug-likeness (QED) is 0.100. The fourth-order valence-electron chi connectivity index (χ4n) is 3.94. The minimum absolute atomic E-state index is 0.0235. The molecule has 1 aromatic heterocycles. The van der Waals surface area contributed by atoms with Gasteiger partial charge in [-0.05, 0) is 60.2 Å². The molecule has 0 unspecified atom stereocenters. The maximum absolute atomic E-state index is 13.4.